The molecule has 0 aromatic heterocycles. The monoisotopic (exact) mass is 278 g/mol. The first-order chi connectivity index (χ1) is 10.2. The van der Waals surface area contributed by atoms with Crippen LogP contribution < -0.4 is 4.90 Å². The number of ketones is 1. The second kappa shape index (κ2) is 4.69. The van der Waals surface area contributed by atoms with E-state index in [2.05, 4.69) is 36.1 Å². The molecule has 0 amide bonds. The zero-order valence-corrected chi connectivity index (χ0v) is 12.1. The lowest BCUT2D eigenvalue weighted by Crippen LogP contribution is -2.35. The Morgan fingerprint density at radius 2 is 2.05 bits per heavy atom. The molecule has 2 heterocycles. The Kier molecular flexibility index (Phi) is 2.81. The number of allylic oxidation sites excluding steroid dienone is 3. The maximum Gasteiger partial charge on any atom is 0.175 e. The van der Waals surface area contributed by atoms with Crippen LogP contribution in [0.1, 0.15) is 19.8 Å². The summed E-state index contributed by atoms with van der Waals surface area (Å²) in [7, 11) is 0. The number of anilines is 1. The van der Waals surface area contributed by atoms with E-state index in [1.54, 1.807) is 0 Å². The first-order valence-electron chi connectivity index (χ1n) is 7.62. The zero-order chi connectivity index (χ0) is 14.4. The van der Waals surface area contributed by atoms with Crippen LogP contribution in [0.15, 0.2) is 58.7 Å². The molecule has 1 aromatic rings. The highest BCUT2D eigenvalue weighted by Gasteiger charge is 2.41. The van der Waals surface area contributed by atoms with Gasteiger partial charge in [-0.1, -0.05) is 37.3 Å². The van der Waals surface area contributed by atoms with Crippen molar-refractivity contribution in [1.29, 1.82) is 0 Å². The van der Waals surface area contributed by atoms with Gasteiger partial charge in [-0.3, -0.25) is 4.79 Å². The number of Topliss-reactive ketones (excluding diaryl/α,β-unsaturated/α-hetero) is 1. The van der Waals surface area contributed by atoms with Crippen LogP contribution in [-0.2, 0) is 4.79 Å². The SMILES string of the molecule is CC1C=C2C(=O)C3CCN(c4ccccc4)C3=NC2=CC1. The average molecular weight is 278 g/mol. The van der Waals surface area contributed by atoms with E-state index in [9.17, 15) is 4.79 Å². The summed E-state index contributed by atoms with van der Waals surface area (Å²) in [5.41, 5.74) is 2.85. The average Bonchev–Trinajstić information content (AvgIpc) is 2.93. The molecular formula is C18H18N2O. The Morgan fingerprint density at radius 3 is 2.86 bits per heavy atom. The van der Waals surface area contributed by atoms with Gasteiger partial charge in [-0.25, -0.2) is 4.99 Å². The Hall–Kier alpha value is -2.16. The number of rotatable bonds is 1. The molecule has 2 unspecified atom stereocenters. The van der Waals surface area contributed by atoms with Gasteiger partial charge >= 0.3 is 0 Å². The van der Waals surface area contributed by atoms with E-state index in [4.69, 9.17) is 4.99 Å². The summed E-state index contributed by atoms with van der Waals surface area (Å²) < 4.78 is 0. The lowest BCUT2D eigenvalue weighted by molar-refractivity contribution is -0.117. The molecule has 0 spiro atoms. The van der Waals surface area contributed by atoms with E-state index in [0.29, 0.717) is 5.92 Å². The number of carbonyl (C=O) groups is 1. The van der Waals surface area contributed by atoms with Gasteiger partial charge in [0, 0.05) is 17.8 Å². The Balaban J connectivity index is 1.77. The maximum absolute atomic E-state index is 12.7. The fourth-order valence-electron chi connectivity index (χ4n) is 3.42. The van der Waals surface area contributed by atoms with E-state index in [1.165, 1.54) is 0 Å². The molecular weight excluding hydrogens is 260 g/mol. The Morgan fingerprint density at radius 1 is 1.24 bits per heavy atom. The van der Waals surface area contributed by atoms with Crippen molar-refractivity contribution in [1.82, 2.24) is 0 Å². The number of nitrogens with zero attached hydrogens (tertiary/aromatic N) is 2. The number of hydrogen-bond donors (Lipinski definition) is 0. The number of fused-ring (bicyclic) bond motifs is 2. The highest BCUT2D eigenvalue weighted by Crippen LogP contribution is 2.37. The number of hydrogen-bond acceptors (Lipinski definition) is 3. The first-order valence-corrected chi connectivity index (χ1v) is 7.62. The molecule has 0 saturated carbocycles. The van der Waals surface area contributed by atoms with Crippen LogP contribution in [-0.4, -0.2) is 18.2 Å². The molecule has 3 heteroatoms. The van der Waals surface area contributed by atoms with Crippen molar-refractivity contribution in [2.45, 2.75) is 19.8 Å². The van der Waals surface area contributed by atoms with Crippen molar-refractivity contribution in [2.75, 3.05) is 11.4 Å². The molecule has 2 aliphatic heterocycles. The minimum absolute atomic E-state index is 0.0566. The van der Waals surface area contributed by atoms with Crippen LogP contribution in [0, 0.1) is 11.8 Å². The lowest BCUT2D eigenvalue weighted by atomic mass is 9.85. The third-order valence-corrected chi connectivity index (χ3v) is 4.52. The van der Waals surface area contributed by atoms with E-state index < -0.39 is 0 Å². The minimum atomic E-state index is -0.0566. The van der Waals surface area contributed by atoms with Crippen molar-refractivity contribution in [3.05, 3.63) is 53.8 Å². The molecule has 21 heavy (non-hydrogen) atoms. The van der Waals surface area contributed by atoms with Crippen molar-refractivity contribution < 1.29 is 4.79 Å². The van der Waals surface area contributed by atoms with Gasteiger partial charge in [0.1, 0.15) is 5.84 Å². The zero-order valence-electron chi connectivity index (χ0n) is 12.1. The van der Waals surface area contributed by atoms with Crippen molar-refractivity contribution >= 4 is 17.3 Å². The summed E-state index contributed by atoms with van der Waals surface area (Å²) in [5, 5.41) is 0. The topological polar surface area (TPSA) is 32.7 Å². The molecule has 3 nitrogen and oxygen atoms in total. The van der Waals surface area contributed by atoms with Gasteiger partial charge in [0.05, 0.1) is 11.6 Å². The molecule has 106 valence electrons. The van der Waals surface area contributed by atoms with Crippen LogP contribution in [0.2, 0.25) is 0 Å². The number of para-hydroxylation sites is 1. The third-order valence-electron chi connectivity index (χ3n) is 4.52. The molecule has 3 aliphatic rings. The largest absolute Gasteiger partial charge is 0.329 e. The molecule has 0 radical (unpaired) electrons. The normalized spacial score (nSPS) is 27.6. The summed E-state index contributed by atoms with van der Waals surface area (Å²) in [6, 6.07) is 10.2. The fourth-order valence-corrected chi connectivity index (χ4v) is 3.42. The molecule has 1 aromatic carbocycles. The molecule has 0 bridgehead atoms. The predicted octanol–water partition coefficient (Wildman–Crippen LogP) is 3.34. The van der Waals surface area contributed by atoms with Gasteiger partial charge in [0.25, 0.3) is 0 Å². The third kappa shape index (κ3) is 1.96. The highest BCUT2D eigenvalue weighted by molar-refractivity contribution is 6.22. The van der Waals surface area contributed by atoms with Crippen LogP contribution in [0.25, 0.3) is 0 Å². The van der Waals surface area contributed by atoms with Crippen molar-refractivity contribution in [2.24, 2.45) is 16.8 Å². The molecule has 1 aliphatic carbocycles. The molecule has 0 N–H and O–H groups in total. The van der Waals surface area contributed by atoms with Crippen LogP contribution in [0.4, 0.5) is 5.69 Å². The van der Waals surface area contributed by atoms with Gasteiger partial charge in [-0.05, 0) is 30.9 Å². The van der Waals surface area contributed by atoms with E-state index in [0.717, 1.165) is 42.2 Å². The van der Waals surface area contributed by atoms with Gasteiger partial charge in [-0.2, -0.15) is 0 Å². The second-order valence-corrected chi connectivity index (χ2v) is 6.05. The molecule has 4 rings (SSSR count). The van der Waals surface area contributed by atoms with Gasteiger partial charge in [-0.15, -0.1) is 0 Å². The smallest absolute Gasteiger partial charge is 0.175 e. The summed E-state index contributed by atoms with van der Waals surface area (Å²) in [5.74, 6) is 1.58. The van der Waals surface area contributed by atoms with Crippen LogP contribution in [0.3, 0.4) is 0 Å². The number of amidine groups is 1. The number of benzene rings is 1. The van der Waals surface area contributed by atoms with Crippen molar-refractivity contribution in [3.8, 4) is 0 Å². The number of carbonyl (C=O) groups excluding carboxylic acids is 1. The maximum atomic E-state index is 12.7. The van der Waals surface area contributed by atoms with E-state index in [-0.39, 0.29) is 11.7 Å². The Labute approximate surface area is 124 Å². The van der Waals surface area contributed by atoms with Gasteiger partial charge in [0.2, 0.25) is 0 Å². The summed E-state index contributed by atoms with van der Waals surface area (Å²) in [6.45, 7) is 3.02. The predicted molar refractivity (Wildman–Crippen MR) is 84.3 cm³/mol. The summed E-state index contributed by atoms with van der Waals surface area (Å²) in [4.78, 5) is 19.8. The van der Waals surface area contributed by atoms with E-state index in [1.807, 2.05) is 18.2 Å². The molecule has 1 fully saturated rings. The van der Waals surface area contributed by atoms with Crippen LogP contribution >= 0.6 is 0 Å². The Bertz CT molecular complexity index is 684. The highest BCUT2D eigenvalue weighted by atomic mass is 16.1. The second-order valence-electron chi connectivity index (χ2n) is 6.05. The molecule has 1 saturated heterocycles. The number of aliphatic imine (C=N–C) groups is 1. The minimum Gasteiger partial charge on any atom is -0.329 e. The van der Waals surface area contributed by atoms with Crippen molar-refractivity contribution in [3.63, 3.8) is 0 Å². The quantitative estimate of drug-likeness (QED) is 0.789. The lowest BCUT2D eigenvalue weighted by Gasteiger charge is -2.27. The van der Waals surface area contributed by atoms with E-state index >= 15 is 0 Å². The van der Waals surface area contributed by atoms with Gasteiger partial charge < -0.3 is 4.90 Å². The summed E-state index contributed by atoms with van der Waals surface area (Å²) >= 11 is 0. The molecule has 2 atom stereocenters. The summed E-state index contributed by atoms with van der Waals surface area (Å²) in [6.07, 6.45) is 6.05. The van der Waals surface area contributed by atoms with Crippen LogP contribution in [0.5, 0.6) is 0 Å². The standard InChI is InChI=1S/C18H18N2O/c1-12-7-8-16-15(11-12)17(21)14-9-10-20(18(14)19-16)13-5-3-2-4-6-13/h2-6,8,11-12,14H,7,9-10H2,1H3. The first kappa shape index (κ1) is 12.6. The van der Waals surface area contributed by atoms with Gasteiger partial charge in [0.15, 0.2) is 5.78 Å². The fraction of sp³-hybridized carbons (Fsp3) is 0.333.